The second-order valence-corrected chi connectivity index (χ2v) is 7.57. The van der Waals surface area contributed by atoms with Crippen molar-refractivity contribution in [3.05, 3.63) is 10.3 Å². The Labute approximate surface area is 134 Å². The van der Waals surface area contributed by atoms with Gasteiger partial charge in [-0.05, 0) is 41.7 Å². The van der Waals surface area contributed by atoms with Gasteiger partial charge in [-0.2, -0.15) is 11.8 Å². The minimum absolute atomic E-state index is 0.330. The Morgan fingerprint density at radius 3 is 2.75 bits per heavy atom. The third-order valence-corrected chi connectivity index (χ3v) is 5.88. The summed E-state index contributed by atoms with van der Waals surface area (Å²) in [6.45, 7) is 3.24. The number of halogens is 1. The number of nitrogens with zero attached hydrogens (tertiary/aromatic N) is 3. The number of nitrogens with one attached hydrogen (secondary N) is 1. The predicted octanol–water partition coefficient (Wildman–Crippen LogP) is 3.68. The first-order valence-corrected chi connectivity index (χ1v) is 9.46. The molecule has 6 heteroatoms. The summed E-state index contributed by atoms with van der Waals surface area (Å²) in [5.74, 6) is 1.10. The zero-order valence-electron chi connectivity index (χ0n) is 12.4. The van der Waals surface area contributed by atoms with Crippen molar-refractivity contribution < 1.29 is 0 Å². The van der Waals surface area contributed by atoms with Crippen LogP contribution in [0.25, 0.3) is 0 Å². The van der Waals surface area contributed by atoms with Gasteiger partial charge < -0.3 is 5.32 Å². The first kappa shape index (κ1) is 16.3. The number of hydrogen-bond acceptors (Lipinski definition) is 4. The Morgan fingerprint density at radius 1 is 1.40 bits per heavy atom. The molecular weight excluding hydrogens is 336 g/mol. The van der Waals surface area contributed by atoms with Crippen molar-refractivity contribution in [3.63, 3.8) is 0 Å². The molecule has 0 radical (unpaired) electrons. The molecule has 1 aromatic heterocycles. The first-order valence-electron chi connectivity index (χ1n) is 7.62. The van der Waals surface area contributed by atoms with Gasteiger partial charge in [0, 0.05) is 18.1 Å². The maximum Gasteiger partial charge on any atom is 0.153 e. The van der Waals surface area contributed by atoms with E-state index < -0.39 is 0 Å². The largest absolute Gasteiger partial charge is 0.308 e. The molecule has 1 unspecified atom stereocenters. The zero-order chi connectivity index (χ0) is 14.4. The van der Waals surface area contributed by atoms with Crippen LogP contribution in [0.3, 0.4) is 0 Å². The first-order chi connectivity index (χ1) is 9.72. The molecule has 1 aliphatic carbocycles. The van der Waals surface area contributed by atoms with Gasteiger partial charge in [-0.3, -0.25) is 0 Å². The number of hydrogen-bond donors (Lipinski definition) is 1. The van der Waals surface area contributed by atoms with Crippen molar-refractivity contribution in [1.29, 1.82) is 0 Å². The van der Waals surface area contributed by atoms with Crippen molar-refractivity contribution in [2.24, 2.45) is 7.05 Å². The average molecular weight is 361 g/mol. The molecule has 1 atom stereocenters. The van der Waals surface area contributed by atoms with E-state index in [0.717, 1.165) is 28.6 Å². The van der Waals surface area contributed by atoms with Gasteiger partial charge in [0.25, 0.3) is 0 Å². The van der Waals surface area contributed by atoms with Crippen LogP contribution in [-0.2, 0) is 7.05 Å². The van der Waals surface area contributed by atoms with Crippen LogP contribution in [-0.4, -0.2) is 32.5 Å². The van der Waals surface area contributed by atoms with Crippen molar-refractivity contribution in [1.82, 2.24) is 20.3 Å². The highest BCUT2D eigenvalue weighted by atomic mass is 79.9. The van der Waals surface area contributed by atoms with E-state index in [-0.39, 0.29) is 0 Å². The summed E-state index contributed by atoms with van der Waals surface area (Å²) in [4.78, 5) is 0. The minimum Gasteiger partial charge on any atom is -0.308 e. The van der Waals surface area contributed by atoms with E-state index >= 15 is 0 Å². The third-order valence-electron chi connectivity index (χ3n) is 3.85. The molecule has 1 saturated carbocycles. The van der Waals surface area contributed by atoms with Gasteiger partial charge in [0.1, 0.15) is 0 Å². The molecule has 4 nitrogen and oxygen atoms in total. The van der Waals surface area contributed by atoms with E-state index in [4.69, 9.17) is 0 Å². The molecule has 1 aromatic rings. The summed E-state index contributed by atoms with van der Waals surface area (Å²) < 4.78 is 2.76. The molecule has 20 heavy (non-hydrogen) atoms. The minimum atomic E-state index is 0.330. The number of thioether (sulfide) groups is 1. The van der Waals surface area contributed by atoms with Crippen LogP contribution < -0.4 is 5.32 Å². The summed E-state index contributed by atoms with van der Waals surface area (Å²) >= 11 is 5.65. The van der Waals surface area contributed by atoms with E-state index in [2.05, 4.69) is 50.2 Å². The second-order valence-electron chi connectivity index (χ2n) is 5.49. The molecule has 114 valence electrons. The molecule has 1 aliphatic rings. The highest BCUT2D eigenvalue weighted by Crippen LogP contribution is 2.32. The molecular formula is C14H25BrN4S. The normalized spacial score (nSPS) is 18.4. The molecule has 0 saturated heterocycles. The van der Waals surface area contributed by atoms with Gasteiger partial charge in [0.15, 0.2) is 4.60 Å². The Hall–Kier alpha value is -0.0700. The Kier molecular flexibility index (Phi) is 6.84. The lowest BCUT2D eigenvalue weighted by Gasteiger charge is -2.24. The van der Waals surface area contributed by atoms with Crippen LogP contribution in [0.5, 0.6) is 0 Å². The van der Waals surface area contributed by atoms with E-state index in [1.54, 1.807) is 0 Å². The highest BCUT2D eigenvalue weighted by molar-refractivity contribution is 9.10. The van der Waals surface area contributed by atoms with Gasteiger partial charge in [0.05, 0.1) is 11.7 Å². The monoisotopic (exact) mass is 360 g/mol. The fraction of sp³-hybridized carbons (Fsp3) is 0.857. The smallest absolute Gasteiger partial charge is 0.153 e. The van der Waals surface area contributed by atoms with E-state index in [1.807, 2.05) is 11.7 Å². The fourth-order valence-electron chi connectivity index (χ4n) is 2.73. The molecule has 0 bridgehead atoms. The maximum absolute atomic E-state index is 4.12. The molecule has 1 heterocycles. The Morgan fingerprint density at radius 2 is 2.15 bits per heavy atom. The van der Waals surface area contributed by atoms with Gasteiger partial charge in [-0.1, -0.05) is 31.4 Å². The van der Waals surface area contributed by atoms with E-state index in [9.17, 15) is 0 Å². The summed E-state index contributed by atoms with van der Waals surface area (Å²) in [7, 11) is 1.97. The lowest BCUT2D eigenvalue weighted by Crippen LogP contribution is -2.27. The Bertz CT molecular complexity index is 384. The lowest BCUT2D eigenvalue weighted by molar-refractivity contribution is 0.509. The summed E-state index contributed by atoms with van der Waals surface area (Å²) in [6, 6.07) is 0.330. The van der Waals surface area contributed by atoms with Gasteiger partial charge in [-0.15, -0.1) is 5.10 Å². The van der Waals surface area contributed by atoms with E-state index in [1.165, 1.54) is 37.8 Å². The lowest BCUT2D eigenvalue weighted by atomic mass is 10.0. The van der Waals surface area contributed by atoms with Gasteiger partial charge >= 0.3 is 0 Å². The SMILES string of the molecule is CCCNC(CSC1CCCCC1)c1c(Br)nnn1C. The number of rotatable bonds is 7. The number of aryl methyl sites for hydroxylation is 1. The molecule has 0 aromatic carbocycles. The molecule has 1 fully saturated rings. The van der Waals surface area contributed by atoms with Crippen molar-refractivity contribution in [3.8, 4) is 0 Å². The fourth-order valence-corrected chi connectivity index (χ4v) is 4.74. The van der Waals surface area contributed by atoms with E-state index in [0.29, 0.717) is 6.04 Å². The molecule has 0 amide bonds. The number of aromatic nitrogens is 3. The standard InChI is InChI=1S/C14H25BrN4S/c1-3-9-16-12(13-14(15)17-18-19(13)2)10-20-11-7-5-4-6-8-11/h11-12,16H,3-10H2,1-2H3. The van der Waals surface area contributed by atoms with Gasteiger partial charge in [0.2, 0.25) is 0 Å². The Balaban J connectivity index is 1.96. The average Bonchev–Trinajstić information content (AvgIpc) is 2.80. The summed E-state index contributed by atoms with van der Waals surface area (Å²) in [6.07, 6.45) is 8.15. The predicted molar refractivity (Wildman–Crippen MR) is 89.1 cm³/mol. The quantitative estimate of drug-likeness (QED) is 0.805. The maximum atomic E-state index is 4.12. The molecule has 0 spiro atoms. The van der Waals surface area contributed by atoms with Crippen molar-refractivity contribution in [2.75, 3.05) is 12.3 Å². The van der Waals surface area contributed by atoms with Crippen LogP contribution in [0.2, 0.25) is 0 Å². The topological polar surface area (TPSA) is 42.7 Å². The zero-order valence-corrected chi connectivity index (χ0v) is 14.8. The highest BCUT2D eigenvalue weighted by Gasteiger charge is 2.22. The second kappa shape index (κ2) is 8.39. The van der Waals surface area contributed by atoms with Gasteiger partial charge in [-0.25, -0.2) is 4.68 Å². The van der Waals surface area contributed by atoms with Crippen LogP contribution in [0.4, 0.5) is 0 Å². The van der Waals surface area contributed by atoms with Crippen LogP contribution in [0.1, 0.15) is 57.2 Å². The molecule has 2 rings (SSSR count). The van der Waals surface area contributed by atoms with Crippen LogP contribution in [0.15, 0.2) is 4.60 Å². The summed E-state index contributed by atoms with van der Waals surface area (Å²) in [5.41, 5.74) is 1.17. The van der Waals surface area contributed by atoms with Crippen molar-refractivity contribution >= 4 is 27.7 Å². The molecule has 0 aliphatic heterocycles. The third kappa shape index (κ3) is 4.46. The summed E-state index contributed by atoms with van der Waals surface area (Å²) in [5, 5.41) is 12.7. The van der Waals surface area contributed by atoms with Crippen molar-refractivity contribution in [2.45, 2.75) is 56.7 Å². The van der Waals surface area contributed by atoms with Crippen LogP contribution in [0, 0.1) is 0 Å². The molecule has 1 N–H and O–H groups in total. The van der Waals surface area contributed by atoms with Crippen LogP contribution >= 0.6 is 27.7 Å².